The number of primary amides is 1. The summed E-state index contributed by atoms with van der Waals surface area (Å²) in [5, 5.41) is 0. The highest BCUT2D eigenvalue weighted by molar-refractivity contribution is 5.88. The Hall–Kier alpha value is -2.08. The average molecular weight is 330 g/mol. The molecule has 0 bridgehead atoms. The van der Waals surface area contributed by atoms with Crippen LogP contribution in [-0.4, -0.2) is 39.7 Å². The molecule has 2 N–H and O–H groups in total. The SMILES string of the molecule is CCCCN1CCC(Cn2c(=O)n(C(N)=O)c3ccccc32)CC1. The smallest absolute Gasteiger partial charge is 0.337 e. The standard InChI is InChI=1S/C18H26N4O2/c1-2-3-10-20-11-8-14(9-12-20)13-21-15-6-4-5-7-16(15)22(17(19)23)18(21)24/h4-7,14H,2-3,8-13H2,1H3,(H2,19,23). The highest BCUT2D eigenvalue weighted by Crippen LogP contribution is 2.21. The lowest BCUT2D eigenvalue weighted by Gasteiger charge is -2.32. The highest BCUT2D eigenvalue weighted by atomic mass is 16.2. The Morgan fingerprint density at radius 3 is 2.50 bits per heavy atom. The summed E-state index contributed by atoms with van der Waals surface area (Å²) in [6, 6.07) is 6.64. The Balaban J connectivity index is 1.78. The predicted octanol–water partition coefficient (Wildman–Crippen LogP) is 2.24. The van der Waals surface area contributed by atoms with Crippen LogP contribution in [0.15, 0.2) is 29.1 Å². The van der Waals surface area contributed by atoms with Crippen molar-refractivity contribution >= 4 is 17.1 Å². The first-order valence-corrected chi connectivity index (χ1v) is 8.84. The second kappa shape index (κ2) is 7.21. The number of hydrogen-bond acceptors (Lipinski definition) is 3. The van der Waals surface area contributed by atoms with E-state index in [1.807, 2.05) is 18.2 Å². The molecular weight excluding hydrogens is 304 g/mol. The quantitative estimate of drug-likeness (QED) is 0.914. The molecule has 0 atom stereocenters. The number of benzene rings is 1. The molecule has 1 amide bonds. The van der Waals surface area contributed by atoms with E-state index in [1.165, 1.54) is 19.4 Å². The average Bonchev–Trinajstić information content (AvgIpc) is 2.86. The van der Waals surface area contributed by atoms with Crippen molar-refractivity contribution in [1.82, 2.24) is 14.0 Å². The van der Waals surface area contributed by atoms with Gasteiger partial charge in [0, 0.05) is 6.54 Å². The Morgan fingerprint density at radius 2 is 1.88 bits per heavy atom. The number of carbonyl (C=O) groups is 1. The molecule has 2 aromatic rings. The summed E-state index contributed by atoms with van der Waals surface area (Å²) in [4.78, 5) is 26.8. The normalized spacial score (nSPS) is 16.7. The van der Waals surface area contributed by atoms with Crippen LogP contribution < -0.4 is 11.4 Å². The van der Waals surface area contributed by atoms with Gasteiger partial charge in [-0.3, -0.25) is 4.57 Å². The van der Waals surface area contributed by atoms with Crippen LogP contribution in [0.2, 0.25) is 0 Å². The molecule has 6 heteroatoms. The zero-order valence-electron chi connectivity index (χ0n) is 14.3. The maximum Gasteiger partial charge on any atom is 0.337 e. The summed E-state index contributed by atoms with van der Waals surface area (Å²) in [6.07, 6.45) is 4.65. The minimum Gasteiger partial charge on any atom is -0.351 e. The number of para-hydroxylation sites is 2. The molecule has 3 rings (SSSR count). The van der Waals surface area contributed by atoms with Crippen LogP contribution in [0.1, 0.15) is 32.6 Å². The Labute approximate surface area is 141 Å². The van der Waals surface area contributed by atoms with E-state index < -0.39 is 6.03 Å². The number of amides is 1. The summed E-state index contributed by atoms with van der Waals surface area (Å²) >= 11 is 0. The summed E-state index contributed by atoms with van der Waals surface area (Å²) < 4.78 is 2.79. The lowest BCUT2D eigenvalue weighted by Crippen LogP contribution is -2.38. The van der Waals surface area contributed by atoms with Crippen LogP contribution in [0, 0.1) is 5.92 Å². The largest absolute Gasteiger partial charge is 0.351 e. The number of hydrogen-bond donors (Lipinski definition) is 1. The van der Waals surface area contributed by atoms with Crippen molar-refractivity contribution in [3.63, 3.8) is 0 Å². The number of unbranched alkanes of at least 4 members (excludes halogenated alkanes) is 1. The second-order valence-electron chi connectivity index (χ2n) is 6.69. The summed E-state index contributed by atoms with van der Waals surface area (Å²) in [6.45, 7) is 6.22. The maximum atomic E-state index is 12.6. The summed E-state index contributed by atoms with van der Waals surface area (Å²) in [7, 11) is 0. The third-order valence-electron chi connectivity index (χ3n) is 5.03. The van der Waals surface area contributed by atoms with Gasteiger partial charge in [-0.1, -0.05) is 25.5 Å². The van der Waals surface area contributed by atoms with E-state index >= 15 is 0 Å². The zero-order chi connectivity index (χ0) is 17.1. The van der Waals surface area contributed by atoms with Crippen LogP contribution in [0.3, 0.4) is 0 Å². The van der Waals surface area contributed by atoms with Gasteiger partial charge in [-0.2, -0.15) is 0 Å². The minimum absolute atomic E-state index is 0.322. The lowest BCUT2D eigenvalue weighted by molar-refractivity contribution is 0.172. The molecule has 6 nitrogen and oxygen atoms in total. The van der Waals surface area contributed by atoms with Crippen molar-refractivity contribution < 1.29 is 4.79 Å². The molecule has 0 spiro atoms. The molecule has 1 aromatic carbocycles. The fraction of sp³-hybridized carbons (Fsp3) is 0.556. The van der Waals surface area contributed by atoms with E-state index in [0.29, 0.717) is 18.0 Å². The number of fused-ring (bicyclic) bond motifs is 1. The second-order valence-corrected chi connectivity index (χ2v) is 6.69. The molecule has 1 fully saturated rings. The third-order valence-corrected chi connectivity index (χ3v) is 5.03. The maximum absolute atomic E-state index is 12.6. The van der Waals surface area contributed by atoms with Crippen LogP contribution >= 0.6 is 0 Å². The van der Waals surface area contributed by atoms with E-state index in [4.69, 9.17) is 5.73 Å². The van der Waals surface area contributed by atoms with Gasteiger partial charge in [-0.15, -0.1) is 0 Å². The van der Waals surface area contributed by atoms with Crippen molar-refractivity contribution in [3.05, 3.63) is 34.7 Å². The van der Waals surface area contributed by atoms with Gasteiger partial charge >= 0.3 is 11.7 Å². The number of rotatable bonds is 5. The van der Waals surface area contributed by atoms with Crippen LogP contribution in [0.5, 0.6) is 0 Å². The van der Waals surface area contributed by atoms with Gasteiger partial charge in [0.1, 0.15) is 0 Å². The summed E-state index contributed by atoms with van der Waals surface area (Å²) in [5.41, 5.74) is 6.45. The van der Waals surface area contributed by atoms with Crippen molar-refractivity contribution in [2.45, 2.75) is 39.2 Å². The molecule has 24 heavy (non-hydrogen) atoms. The Morgan fingerprint density at radius 1 is 1.21 bits per heavy atom. The third kappa shape index (κ3) is 3.24. The highest BCUT2D eigenvalue weighted by Gasteiger charge is 2.22. The van der Waals surface area contributed by atoms with Crippen LogP contribution in [-0.2, 0) is 6.54 Å². The zero-order valence-corrected chi connectivity index (χ0v) is 14.3. The Kier molecular flexibility index (Phi) is 5.04. The van der Waals surface area contributed by atoms with E-state index in [-0.39, 0.29) is 5.69 Å². The first kappa shape index (κ1) is 16.8. The van der Waals surface area contributed by atoms with Crippen LogP contribution in [0.25, 0.3) is 11.0 Å². The number of nitrogens with two attached hydrogens (primary N) is 1. The molecule has 0 unspecified atom stereocenters. The molecule has 0 aliphatic carbocycles. The molecule has 1 saturated heterocycles. The molecule has 1 aromatic heterocycles. The fourth-order valence-corrected chi connectivity index (χ4v) is 3.63. The van der Waals surface area contributed by atoms with Gasteiger partial charge in [-0.25, -0.2) is 14.2 Å². The first-order chi connectivity index (χ1) is 11.6. The van der Waals surface area contributed by atoms with Gasteiger partial charge in [-0.05, 0) is 56.9 Å². The van der Waals surface area contributed by atoms with Crippen molar-refractivity contribution in [2.75, 3.05) is 19.6 Å². The number of nitrogens with zero attached hydrogens (tertiary/aromatic N) is 3. The molecule has 1 aliphatic heterocycles. The van der Waals surface area contributed by atoms with Gasteiger partial charge in [0.25, 0.3) is 0 Å². The van der Waals surface area contributed by atoms with Crippen molar-refractivity contribution in [2.24, 2.45) is 11.7 Å². The summed E-state index contributed by atoms with van der Waals surface area (Å²) in [5.74, 6) is 0.465. The number of imidazole rings is 1. The van der Waals surface area contributed by atoms with Crippen molar-refractivity contribution in [3.8, 4) is 0 Å². The minimum atomic E-state index is -0.718. The van der Waals surface area contributed by atoms with E-state index in [9.17, 15) is 9.59 Å². The number of carbonyl (C=O) groups excluding carboxylic acids is 1. The van der Waals surface area contributed by atoms with Crippen LogP contribution in [0.4, 0.5) is 4.79 Å². The van der Waals surface area contributed by atoms with E-state index in [0.717, 1.165) is 36.0 Å². The van der Waals surface area contributed by atoms with Gasteiger partial charge < -0.3 is 10.6 Å². The lowest BCUT2D eigenvalue weighted by atomic mass is 9.96. The number of likely N-dealkylation sites (tertiary alicyclic amines) is 1. The van der Waals surface area contributed by atoms with E-state index in [2.05, 4.69) is 11.8 Å². The first-order valence-electron chi connectivity index (χ1n) is 8.84. The fourth-order valence-electron chi connectivity index (χ4n) is 3.63. The molecule has 0 radical (unpaired) electrons. The van der Waals surface area contributed by atoms with Gasteiger partial charge in [0.05, 0.1) is 11.0 Å². The van der Waals surface area contributed by atoms with Crippen molar-refractivity contribution in [1.29, 1.82) is 0 Å². The van der Waals surface area contributed by atoms with Gasteiger partial charge in [0.2, 0.25) is 0 Å². The molecule has 130 valence electrons. The predicted molar refractivity (Wildman–Crippen MR) is 95.3 cm³/mol. The Bertz CT molecular complexity index is 769. The molecule has 1 aliphatic rings. The van der Waals surface area contributed by atoms with E-state index in [1.54, 1.807) is 10.6 Å². The monoisotopic (exact) mass is 330 g/mol. The molecule has 2 heterocycles. The number of aromatic nitrogens is 2. The van der Waals surface area contributed by atoms with Gasteiger partial charge in [0.15, 0.2) is 0 Å². The molecular formula is C18H26N4O2. The molecule has 0 saturated carbocycles. The topological polar surface area (TPSA) is 73.3 Å². The number of piperidine rings is 1.